The molecule has 0 bridgehead atoms. The van der Waals surface area contributed by atoms with Crippen LogP contribution in [0.3, 0.4) is 0 Å². The summed E-state index contributed by atoms with van der Waals surface area (Å²) in [5.74, 6) is -1.05. The first-order valence-corrected chi connectivity index (χ1v) is 10.5. The zero-order valence-corrected chi connectivity index (χ0v) is 14.6. The van der Waals surface area contributed by atoms with Gasteiger partial charge in [0.05, 0.1) is 0 Å². The summed E-state index contributed by atoms with van der Waals surface area (Å²) in [4.78, 5) is 0.628. The smallest absolute Gasteiger partial charge is 0.207 e. The Labute approximate surface area is 142 Å². The van der Waals surface area contributed by atoms with Crippen LogP contribution in [0.25, 0.3) is 0 Å². The van der Waals surface area contributed by atoms with Gasteiger partial charge in [0, 0.05) is 29.0 Å². The molecule has 1 aromatic carbocycles. The van der Waals surface area contributed by atoms with Crippen LogP contribution in [0.4, 0.5) is 8.78 Å². The molecule has 1 aliphatic heterocycles. The van der Waals surface area contributed by atoms with E-state index in [1.807, 2.05) is 17.5 Å². The molecule has 8 heteroatoms. The fraction of sp³-hybridized carbons (Fsp3) is 0.333. The van der Waals surface area contributed by atoms with Crippen molar-refractivity contribution in [1.29, 1.82) is 0 Å². The summed E-state index contributed by atoms with van der Waals surface area (Å²) in [6, 6.07) is 6.53. The standard InChI is InChI=1S/C15H15F2NO2S3/c16-11-3-4-12(17)15(10-11)23(19,20)18-6-5-14(22-9-7-18)13-2-1-8-21-13/h1-4,8,10,14H,5-7,9H2. The van der Waals surface area contributed by atoms with Crippen molar-refractivity contribution >= 4 is 33.1 Å². The maximum atomic E-state index is 13.8. The maximum absolute atomic E-state index is 13.8. The highest BCUT2D eigenvalue weighted by molar-refractivity contribution is 7.99. The van der Waals surface area contributed by atoms with E-state index in [2.05, 4.69) is 0 Å². The molecule has 0 saturated carbocycles. The average Bonchev–Trinajstić information content (AvgIpc) is 2.93. The predicted octanol–water partition coefficient (Wildman–Crippen LogP) is 3.90. The van der Waals surface area contributed by atoms with Crippen molar-refractivity contribution in [2.75, 3.05) is 18.8 Å². The summed E-state index contributed by atoms with van der Waals surface area (Å²) < 4.78 is 53.7. The van der Waals surface area contributed by atoms with Crippen LogP contribution in [-0.2, 0) is 10.0 Å². The number of sulfonamides is 1. The van der Waals surface area contributed by atoms with Crippen molar-refractivity contribution in [3.8, 4) is 0 Å². The molecule has 23 heavy (non-hydrogen) atoms. The highest BCUT2D eigenvalue weighted by Gasteiger charge is 2.30. The molecule has 1 fully saturated rings. The van der Waals surface area contributed by atoms with Crippen LogP contribution in [0.2, 0.25) is 0 Å². The van der Waals surface area contributed by atoms with Gasteiger partial charge in [0.2, 0.25) is 10.0 Å². The highest BCUT2D eigenvalue weighted by atomic mass is 32.2. The second-order valence-corrected chi connectivity index (χ2v) is 9.34. The lowest BCUT2D eigenvalue weighted by Crippen LogP contribution is -2.33. The van der Waals surface area contributed by atoms with Gasteiger partial charge in [-0.15, -0.1) is 11.3 Å². The first-order chi connectivity index (χ1) is 11.0. The van der Waals surface area contributed by atoms with Crippen LogP contribution in [0.15, 0.2) is 40.6 Å². The number of benzene rings is 1. The van der Waals surface area contributed by atoms with Crippen molar-refractivity contribution in [1.82, 2.24) is 4.31 Å². The molecule has 124 valence electrons. The van der Waals surface area contributed by atoms with E-state index in [0.717, 1.165) is 18.2 Å². The van der Waals surface area contributed by atoms with Crippen molar-refractivity contribution in [3.05, 3.63) is 52.2 Å². The minimum atomic E-state index is -4.02. The lowest BCUT2D eigenvalue weighted by molar-refractivity contribution is 0.423. The summed E-state index contributed by atoms with van der Waals surface area (Å²) in [5, 5.41) is 2.24. The number of thiophene rings is 1. The Morgan fingerprint density at radius 1 is 1.17 bits per heavy atom. The van der Waals surface area contributed by atoms with Gasteiger partial charge in [-0.3, -0.25) is 0 Å². The minimum absolute atomic E-state index is 0.243. The van der Waals surface area contributed by atoms with Gasteiger partial charge in [0.1, 0.15) is 16.5 Å². The molecule has 2 heterocycles. The molecule has 0 N–H and O–H groups in total. The molecule has 1 unspecified atom stereocenters. The van der Waals surface area contributed by atoms with Crippen molar-refractivity contribution < 1.29 is 17.2 Å². The van der Waals surface area contributed by atoms with E-state index in [1.165, 1.54) is 9.18 Å². The van der Waals surface area contributed by atoms with Gasteiger partial charge in [-0.2, -0.15) is 16.1 Å². The van der Waals surface area contributed by atoms with Crippen molar-refractivity contribution in [2.24, 2.45) is 0 Å². The molecule has 0 amide bonds. The van der Waals surface area contributed by atoms with Gasteiger partial charge >= 0.3 is 0 Å². The third kappa shape index (κ3) is 3.60. The summed E-state index contributed by atoms with van der Waals surface area (Å²) in [7, 11) is -4.02. The first-order valence-electron chi connectivity index (χ1n) is 7.08. The number of nitrogens with zero attached hydrogens (tertiary/aromatic N) is 1. The third-order valence-corrected chi connectivity index (χ3v) is 8.03. The Morgan fingerprint density at radius 2 is 2.00 bits per heavy atom. The predicted molar refractivity (Wildman–Crippen MR) is 89.3 cm³/mol. The van der Waals surface area contributed by atoms with Gasteiger partial charge in [0.25, 0.3) is 0 Å². The molecule has 0 radical (unpaired) electrons. The quantitative estimate of drug-likeness (QED) is 0.817. The van der Waals surface area contributed by atoms with Gasteiger partial charge in [-0.1, -0.05) is 6.07 Å². The summed E-state index contributed by atoms with van der Waals surface area (Å²) >= 11 is 3.35. The van der Waals surface area contributed by atoms with Gasteiger partial charge in [-0.05, 0) is 36.1 Å². The van der Waals surface area contributed by atoms with Crippen LogP contribution < -0.4 is 0 Å². The Morgan fingerprint density at radius 3 is 2.74 bits per heavy atom. The molecular formula is C15H15F2NO2S3. The fourth-order valence-corrected chi connectivity index (χ4v) is 6.39. The molecular weight excluding hydrogens is 360 g/mol. The molecule has 1 atom stereocenters. The van der Waals surface area contributed by atoms with Crippen molar-refractivity contribution in [2.45, 2.75) is 16.6 Å². The highest BCUT2D eigenvalue weighted by Crippen LogP contribution is 2.37. The second kappa shape index (κ2) is 6.88. The van der Waals surface area contributed by atoms with E-state index in [-0.39, 0.29) is 5.25 Å². The third-order valence-electron chi connectivity index (χ3n) is 3.67. The molecule has 1 saturated heterocycles. The normalized spacial score (nSPS) is 20.3. The van der Waals surface area contributed by atoms with E-state index in [4.69, 9.17) is 0 Å². The number of rotatable bonds is 3. The molecule has 3 rings (SSSR count). The zero-order chi connectivity index (χ0) is 16.4. The van der Waals surface area contributed by atoms with Crippen LogP contribution >= 0.6 is 23.1 Å². The number of thioether (sulfide) groups is 1. The van der Waals surface area contributed by atoms with Crippen LogP contribution in [0.1, 0.15) is 16.5 Å². The number of hydrogen-bond acceptors (Lipinski definition) is 4. The monoisotopic (exact) mass is 375 g/mol. The number of hydrogen-bond donors (Lipinski definition) is 0. The van der Waals surface area contributed by atoms with Crippen LogP contribution in [0, 0.1) is 11.6 Å². The molecule has 0 aliphatic carbocycles. The fourth-order valence-electron chi connectivity index (χ4n) is 2.51. The van der Waals surface area contributed by atoms with E-state index in [0.29, 0.717) is 25.3 Å². The molecule has 2 aromatic rings. The second-order valence-electron chi connectivity index (χ2n) is 5.14. The average molecular weight is 375 g/mol. The first kappa shape index (κ1) is 16.9. The zero-order valence-electron chi connectivity index (χ0n) is 12.1. The largest absolute Gasteiger partial charge is 0.246 e. The SMILES string of the molecule is O=S(=O)(c1cc(F)ccc1F)N1CCSC(c2cccs2)CC1. The lowest BCUT2D eigenvalue weighted by atomic mass is 10.2. The Bertz CT molecular complexity index is 778. The molecule has 1 aliphatic rings. The molecule has 3 nitrogen and oxygen atoms in total. The minimum Gasteiger partial charge on any atom is -0.207 e. The summed E-state index contributed by atoms with van der Waals surface area (Å²) in [6.07, 6.45) is 0.654. The van der Waals surface area contributed by atoms with Gasteiger partial charge in [0.15, 0.2) is 0 Å². The number of halogens is 2. The van der Waals surface area contributed by atoms with E-state index < -0.39 is 26.6 Å². The van der Waals surface area contributed by atoms with E-state index in [1.54, 1.807) is 23.1 Å². The molecule has 1 aromatic heterocycles. The summed E-state index contributed by atoms with van der Waals surface area (Å²) in [5.41, 5.74) is 0. The Kier molecular flexibility index (Phi) is 5.05. The topological polar surface area (TPSA) is 37.4 Å². The summed E-state index contributed by atoms with van der Waals surface area (Å²) in [6.45, 7) is 0.596. The van der Waals surface area contributed by atoms with Crippen LogP contribution in [-0.4, -0.2) is 31.6 Å². The van der Waals surface area contributed by atoms with Crippen LogP contribution in [0.5, 0.6) is 0 Å². The lowest BCUT2D eigenvalue weighted by Gasteiger charge is -2.20. The van der Waals surface area contributed by atoms with Gasteiger partial charge in [-0.25, -0.2) is 17.2 Å². The van der Waals surface area contributed by atoms with Crippen molar-refractivity contribution in [3.63, 3.8) is 0 Å². The Balaban J connectivity index is 1.82. The Hall–Kier alpha value is -0.960. The maximum Gasteiger partial charge on any atom is 0.246 e. The van der Waals surface area contributed by atoms with E-state index in [9.17, 15) is 17.2 Å². The molecule has 0 spiro atoms. The van der Waals surface area contributed by atoms with Gasteiger partial charge < -0.3 is 0 Å². The van der Waals surface area contributed by atoms with E-state index >= 15 is 0 Å².